The molecule has 0 saturated heterocycles. The highest BCUT2D eigenvalue weighted by molar-refractivity contribution is 7.13. The molecule has 114 valence electrons. The van der Waals surface area contributed by atoms with Gasteiger partial charge in [0.25, 0.3) is 5.91 Å². The average molecular weight is 321 g/mol. The molecule has 1 N–H and O–H groups in total. The fourth-order valence-corrected chi connectivity index (χ4v) is 3.65. The largest absolute Gasteiger partial charge is 0.349 e. The molecule has 0 aliphatic carbocycles. The highest BCUT2D eigenvalue weighted by Gasteiger charge is 2.30. The van der Waals surface area contributed by atoms with Crippen molar-refractivity contribution in [2.75, 3.05) is 11.9 Å². The summed E-state index contributed by atoms with van der Waals surface area (Å²) >= 11 is 1.59. The van der Waals surface area contributed by atoms with Crippen LogP contribution in [0.2, 0.25) is 0 Å². The van der Waals surface area contributed by atoms with E-state index in [0.717, 1.165) is 22.0 Å². The lowest BCUT2D eigenvalue weighted by Crippen LogP contribution is -2.44. The SMILES string of the molecule is CN1c2ccccc2C(=O)N[C@H]1c1csc(-c2ccccc2)n1. The summed E-state index contributed by atoms with van der Waals surface area (Å²) in [4.78, 5) is 19.1. The second-order valence-corrected chi connectivity index (χ2v) is 6.31. The predicted molar refractivity (Wildman–Crippen MR) is 92.6 cm³/mol. The van der Waals surface area contributed by atoms with E-state index in [1.807, 2.05) is 67.0 Å². The fourth-order valence-electron chi connectivity index (χ4n) is 2.81. The van der Waals surface area contributed by atoms with Crippen LogP contribution in [-0.2, 0) is 0 Å². The third-order valence-electron chi connectivity index (χ3n) is 4.01. The smallest absolute Gasteiger partial charge is 0.255 e. The first kappa shape index (κ1) is 14.0. The lowest BCUT2D eigenvalue weighted by Gasteiger charge is -2.35. The van der Waals surface area contributed by atoms with Crippen LogP contribution in [-0.4, -0.2) is 17.9 Å². The zero-order valence-corrected chi connectivity index (χ0v) is 13.4. The van der Waals surface area contributed by atoms with Crippen molar-refractivity contribution in [1.29, 1.82) is 0 Å². The van der Waals surface area contributed by atoms with Crippen molar-refractivity contribution in [3.8, 4) is 10.6 Å². The van der Waals surface area contributed by atoms with Crippen LogP contribution in [0.25, 0.3) is 10.6 Å². The molecule has 1 aromatic heterocycles. The van der Waals surface area contributed by atoms with Crippen molar-refractivity contribution < 1.29 is 4.79 Å². The van der Waals surface area contributed by atoms with E-state index in [9.17, 15) is 4.79 Å². The molecule has 1 aliphatic heterocycles. The van der Waals surface area contributed by atoms with Crippen LogP contribution in [0.15, 0.2) is 60.0 Å². The van der Waals surface area contributed by atoms with Crippen LogP contribution >= 0.6 is 11.3 Å². The van der Waals surface area contributed by atoms with Crippen LogP contribution in [0.3, 0.4) is 0 Å². The molecule has 2 aromatic carbocycles. The fraction of sp³-hybridized carbons (Fsp3) is 0.111. The Morgan fingerprint density at radius 2 is 1.83 bits per heavy atom. The van der Waals surface area contributed by atoms with E-state index >= 15 is 0 Å². The van der Waals surface area contributed by atoms with Gasteiger partial charge in [0.1, 0.15) is 11.2 Å². The number of aromatic nitrogens is 1. The van der Waals surface area contributed by atoms with Crippen molar-refractivity contribution in [2.24, 2.45) is 0 Å². The number of para-hydroxylation sites is 1. The molecular weight excluding hydrogens is 306 g/mol. The zero-order valence-electron chi connectivity index (χ0n) is 12.6. The number of benzene rings is 2. The van der Waals surface area contributed by atoms with Crippen molar-refractivity contribution >= 4 is 22.9 Å². The molecule has 2 heterocycles. The summed E-state index contributed by atoms with van der Waals surface area (Å²) in [5.74, 6) is -0.0574. The molecule has 1 aliphatic rings. The van der Waals surface area contributed by atoms with E-state index in [-0.39, 0.29) is 12.1 Å². The van der Waals surface area contributed by atoms with E-state index in [4.69, 9.17) is 4.98 Å². The second kappa shape index (κ2) is 5.52. The summed E-state index contributed by atoms with van der Waals surface area (Å²) in [6, 6.07) is 17.7. The summed E-state index contributed by atoms with van der Waals surface area (Å²) in [7, 11) is 1.98. The van der Waals surface area contributed by atoms with Crippen LogP contribution in [0, 0.1) is 0 Å². The van der Waals surface area contributed by atoms with Gasteiger partial charge in [0, 0.05) is 18.0 Å². The topological polar surface area (TPSA) is 45.2 Å². The van der Waals surface area contributed by atoms with E-state index in [1.165, 1.54) is 0 Å². The van der Waals surface area contributed by atoms with Gasteiger partial charge in [0.15, 0.2) is 0 Å². The van der Waals surface area contributed by atoms with Gasteiger partial charge < -0.3 is 10.2 Å². The number of hydrogen-bond acceptors (Lipinski definition) is 4. The molecule has 0 radical (unpaired) electrons. The molecule has 1 atom stereocenters. The Bertz CT molecular complexity index is 859. The maximum Gasteiger partial charge on any atom is 0.255 e. The first-order valence-corrected chi connectivity index (χ1v) is 8.25. The Morgan fingerprint density at radius 3 is 2.65 bits per heavy atom. The number of rotatable bonds is 2. The van der Waals surface area contributed by atoms with E-state index in [0.29, 0.717) is 5.56 Å². The first-order chi connectivity index (χ1) is 11.2. The standard InChI is InChI=1S/C18H15N3OS/c1-21-15-10-6-5-9-13(15)17(22)20-16(21)14-11-23-18(19-14)12-7-3-2-4-8-12/h2-11,16H,1H3,(H,20,22)/t16-/m1/s1. The minimum absolute atomic E-state index is 0.0574. The van der Waals surface area contributed by atoms with Gasteiger partial charge in [-0.3, -0.25) is 4.79 Å². The Labute approximate surface area is 138 Å². The number of nitrogens with zero attached hydrogens (tertiary/aromatic N) is 2. The predicted octanol–water partition coefficient (Wildman–Crippen LogP) is 3.69. The minimum atomic E-state index is -0.244. The molecule has 0 fully saturated rings. The number of amides is 1. The zero-order chi connectivity index (χ0) is 15.8. The summed E-state index contributed by atoms with van der Waals surface area (Å²) in [6.07, 6.45) is -0.244. The summed E-state index contributed by atoms with van der Waals surface area (Å²) in [5, 5.41) is 6.01. The first-order valence-electron chi connectivity index (χ1n) is 7.37. The monoisotopic (exact) mass is 321 g/mol. The van der Waals surface area contributed by atoms with Crippen LogP contribution in [0.1, 0.15) is 22.2 Å². The van der Waals surface area contributed by atoms with Crippen molar-refractivity contribution in [1.82, 2.24) is 10.3 Å². The van der Waals surface area contributed by atoms with Gasteiger partial charge in [-0.15, -0.1) is 11.3 Å². The van der Waals surface area contributed by atoms with Crippen molar-refractivity contribution in [3.05, 3.63) is 71.2 Å². The Hall–Kier alpha value is -2.66. The average Bonchev–Trinajstić information content (AvgIpc) is 3.09. The molecular formula is C18H15N3OS. The molecule has 4 rings (SSSR count). The van der Waals surface area contributed by atoms with Crippen LogP contribution in [0.5, 0.6) is 0 Å². The summed E-state index contributed by atoms with van der Waals surface area (Å²) in [5.41, 5.74) is 3.58. The lowest BCUT2D eigenvalue weighted by atomic mass is 10.1. The van der Waals surface area contributed by atoms with Crippen molar-refractivity contribution in [2.45, 2.75) is 6.17 Å². The van der Waals surface area contributed by atoms with E-state index < -0.39 is 0 Å². The van der Waals surface area contributed by atoms with Gasteiger partial charge in [-0.2, -0.15) is 0 Å². The van der Waals surface area contributed by atoms with Gasteiger partial charge in [-0.25, -0.2) is 4.98 Å². The number of anilines is 1. The van der Waals surface area contributed by atoms with Crippen LogP contribution < -0.4 is 10.2 Å². The summed E-state index contributed by atoms with van der Waals surface area (Å²) in [6.45, 7) is 0. The minimum Gasteiger partial charge on any atom is -0.349 e. The number of carbonyl (C=O) groups excluding carboxylic acids is 1. The number of carbonyl (C=O) groups is 1. The van der Waals surface area contributed by atoms with Gasteiger partial charge in [0.2, 0.25) is 0 Å². The van der Waals surface area contributed by atoms with Crippen molar-refractivity contribution in [3.63, 3.8) is 0 Å². The molecule has 5 heteroatoms. The van der Waals surface area contributed by atoms with Gasteiger partial charge >= 0.3 is 0 Å². The molecule has 0 unspecified atom stereocenters. The Balaban J connectivity index is 1.70. The third-order valence-corrected chi connectivity index (χ3v) is 4.92. The molecule has 1 amide bonds. The van der Waals surface area contributed by atoms with E-state index in [2.05, 4.69) is 10.2 Å². The Morgan fingerprint density at radius 1 is 1.09 bits per heavy atom. The van der Waals surface area contributed by atoms with Crippen LogP contribution in [0.4, 0.5) is 5.69 Å². The molecule has 0 spiro atoms. The highest BCUT2D eigenvalue weighted by Crippen LogP contribution is 2.33. The van der Waals surface area contributed by atoms with Gasteiger partial charge in [0.05, 0.1) is 16.9 Å². The molecule has 0 bridgehead atoms. The quantitative estimate of drug-likeness (QED) is 0.783. The Kier molecular flexibility index (Phi) is 3.35. The lowest BCUT2D eigenvalue weighted by molar-refractivity contribution is 0.0927. The molecule has 0 saturated carbocycles. The summed E-state index contributed by atoms with van der Waals surface area (Å²) < 4.78 is 0. The second-order valence-electron chi connectivity index (χ2n) is 5.45. The number of fused-ring (bicyclic) bond motifs is 1. The normalized spacial score (nSPS) is 16.8. The molecule has 4 nitrogen and oxygen atoms in total. The number of hydrogen-bond donors (Lipinski definition) is 1. The maximum atomic E-state index is 12.3. The molecule has 3 aromatic rings. The van der Waals surface area contributed by atoms with Gasteiger partial charge in [-0.05, 0) is 12.1 Å². The molecule has 23 heavy (non-hydrogen) atoms. The highest BCUT2D eigenvalue weighted by atomic mass is 32.1. The van der Waals surface area contributed by atoms with E-state index in [1.54, 1.807) is 11.3 Å². The number of thiazole rings is 1. The van der Waals surface area contributed by atoms with Gasteiger partial charge in [-0.1, -0.05) is 42.5 Å². The number of nitrogens with one attached hydrogen (secondary N) is 1. The third kappa shape index (κ3) is 2.39. The maximum absolute atomic E-state index is 12.3.